The number of anilines is 1. The van der Waals surface area contributed by atoms with Crippen molar-refractivity contribution in [1.82, 2.24) is 9.97 Å². The molecule has 0 spiro atoms. The van der Waals surface area contributed by atoms with Gasteiger partial charge in [0.2, 0.25) is 16.0 Å². The van der Waals surface area contributed by atoms with Crippen LogP contribution in [0.15, 0.2) is 12.4 Å². The van der Waals surface area contributed by atoms with E-state index in [9.17, 15) is 12.8 Å². The lowest BCUT2D eigenvalue weighted by Crippen LogP contribution is -2.32. The van der Waals surface area contributed by atoms with Crippen molar-refractivity contribution in [2.24, 2.45) is 5.14 Å². The van der Waals surface area contributed by atoms with E-state index in [1.807, 2.05) is 0 Å². The van der Waals surface area contributed by atoms with Crippen molar-refractivity contribution in [3.8, 4) is 0 Å². The van der Waals surface area contributed by atoms with Crippen LogP contribution in [0.5, 0.6) is 0 Å². The lowest BCUT2D eigenvalue weighted by Gasteiger charge is -2.10. The zero-order valence-corrected chi connectivity index (χ0v) is 8.83. The number of nitrogens with two attached hydrogens (primary N) is 1. The third kappa shape index (κ3) is 3.76. The molecule has 8 heteroatoms. The molecule has 1 atom stereocenters. The maximum atomic E-state index is 12.6. The first-order valence-electron chi connectivity index (χ1n) is 4.12. The smallest absolute Gasteiger partial charge is 0.217 e. The standard InChI is InChI=1S/C7H11FN4O2S/c1-5(15(9,13)14)3-10-7-2-6(8)11-4-12-7/h2,4-5H,3H2,1H3,(H2,9,13,14)(H,10,11,12). The van der Waals surface area contributed by atoms with Gasteiger partial charge in [-0.25, -0.2) is 23.5 Å². The van der Waals surface area contributed by atoms with E-state index in [-0.39, 0.29) is 12.4 Å². The third-order valence-corrected chi connectivity index (χ3v) is 3.05. The molecule has 0 aliphatic carbocycles. The topological polar surface area (TPSA) is 98.0 Å². The van der Waals surface area contributed by atoms with E-state index in [0.29, 0.717) is 0 Å². The first-order chi connectivity index (χ1) is 6.89. The van der Waals surface area contributed by atoms with Gasteiger partial charge >= 0.3 is 0 Å². The van der Waals surface area contributed by atoms with Crippen LogP contribution < -0.4 is 10.5 Å². The van der Waals surface area contributed by atoms with E-state index in [1.54, 1.807) is 0 Å². The van der Waals surface area contributed by atoms with Crippen LogP contribution in [-0.4, -0.2) is 30.2 Å². The molecule has 1 heterocycles. The Labute approximate surface area is 86.8 Å². The zero-order valence-electron chi connectivity index (χ0n) is 8.01. The third-order valence-electron chi connectivity index (χ3n) is 1.77. The summed E-state index contributed by atoms with van der Waals surface area (Å²) in [5.41, 5.74) is 0. The Morgan fingerprint density at radius 1 is 1.60 bits per heavy atom. The summed E-state index contributed by atoms with van der Waals surface area (Å²) in [6, 6.07) is 1.07. The molecule has 15 heavy (non-hydrogen) atoms. The Morgan fingerprint density at radius 3 is 2.80 bits per heavy atom. The molecule has 1 aromatic heterocycles. The van der Waals surface area contributed by atoms with E-state index in [1.165, 1.54) is 6.92 Å². The molecule has 1 aromatic rings. The van der Waals surface area contributed by atoms with Crippen molar-refractivity contribution in [2.45, 2.75) is 12.2 Å². The quantitative estimate of drug-likeness (QED) is 0.697. The van der Waals surface area contributed by atoms with Gasteiger partial charge in [0.1, 0.15) is 12.1 Å². The summed E-state index contributed by atoms with van der Waals surface area (Å²) in [6.45, 7) is 1.51. The highest BCUT2D eigenvalue weighted by atomic mass is 32.2. The second kappa shape index (κ2) is 4.49. The molecule has 84 valence electrons. The van der Waals surface area contributed by atoms with Crippen LogP contribution in [0.1, 0.15) is 6.92 Å². The molecule has 0 aliphatic heterocycles. The maximum absolute atomic E-state index is 12.6. The van der Waals surface area contributed by atoms with Crippen LogP contribution in [0.2, 0.25) is 0 Å². The molecule has 6 nitrogen and oxygen atoms in total. The van der Waals surface area contributed by atoms with Gasteiger partial charge in [-0.15, -0.1) is 0 Å². The van der Waals surface area contributed by atoms with Crippen LogP contribution in [0.3, 0.4) is 0 Å². The van der Waals surface area contributed by atoms with Gasteiger partial charge in [0.15, 0.2) is 0 Å². The van der Waals surface area contributed by atoms with Crippen LogP contribution in [0.25, 0.3) is 0 Å². The minimum atomic E-state index is -3.58. The van der Waals surface area contributed by atoms with Crippen molar-refractivity contribution in [2.75, 3.05) is 11.9 Å². The van der Waals surface area contributed by atoms with Crippen LogP contribution in [0.4, 0.5) is 10.2 Å². The molecule has 3 N–H and O–H groups in total. The number of hydrogen-bond acceptors (Lipinski definition) is 5. The van der Waals surface area contributed by atoms with Crippen LogP contribution in [-0.2, 0) is 10.0 Å². The maximum Gasteiger partial charge on any atom is 0.217 e. The fourth-order valence-electron chi connectivity index (χ4n) is 0.795. The largest absolute Gasteiger partial charge is 0.369 e. The van der Waals surface area contributed by atoms with E-state index in [4.69, 9.17) is 5.14 Å². The summed E-state index contributed by atoms with van der Waals surface area (Å²) in [7, 11) is -3.58. The van der Waals surface area contributed by atoms with Gasteiger partial charge in [-0.05, 0) is 6.92 Å². The van der Waals surface area contributed by atoms with Crippen molar-refractivity contribution in [1.29, 1.82) is 0 Å². The molecule has 0 saturated carbocycles. The highest BCUT2D eigenvalue weighted by Crippen LogP contribution is 2.03. The van der Waals surface area contributed by atoms with Gasteiger partial charge in [0.05, 0.1) is 5.25 Å². The SMILES string of the molecule is CC(CNc1cc(F)ncn1)S(N)(=O)=O. The van der Waals surface area contributed by atoms with Crippen LogP contribution in [0, 0.1) is 5.95 Å². The molecule has 0 amide bonds. The Bertz CT molecular complexity index is 436. The Kier molecular flexibility index (Phi) is 3.53. The molecule has 1 unspecified atom stereocenters. The number of halogens is 1. The summed E-state index contributed by atoms with van der Waals surface area (Å²) in [5, 5.41) is 6.77. The number of nitrogens with one attached hydrogen (secondary N) is 1. The Hall–Kier alpha value is -1.28. The van der Waals surface area contributed by atoms with Gasteiger partial charge in [0, 0.05) is 12.6 Å². The molecular formula is C7H11FN4O2S. The predicted octanol–water partition coefficient (Wildman–Crippen LogP) is -0.295. The van der Waals surface area contributed by atoms with Gasteiger partial charge in [0.25, 0.3) is 0 Å². The summed E-state index contributed by atoms with van der Waals surface area (Å²) < 4.78 is 34.3. The van der Waals surface area contributed by atoms with Crippen LogP contribution >= 0.6 is 0 Å². The fourth-order valence-corrected chi connectivity index (χ4v) is 1.11. The van der Waals surface area contributed by atoms with Crippen molar-refractivity contribution in [3.63, 3.8) is 0 Å². The van der Waals surface area contributed by atoms with E-state index >= 15 is 0 Å². The second-order valence-electron chi connectivity index (χ2n) is 3.01. The second-order valence-corrected chi connectivity index (χ2v) is 4.99. The number of hydrogen-bond donors (Lipinski definition) is 2. The first kappa shape index (κ1) is 11.8. The van der Waals surface area contributed by atoms with Crippen molar-refractivity contribution >= 4 is 15.8 Å². The highest BCUT2D eigenvalue weighted by molar-refractivity contribution is 7.89. The van der Waals surface area contributed by atoms with Gasteiger partial charge in [-0.1, -0.05) is 0 Å². The summed E-state index contributed by atoms with van der Waals surface area (Å²) in [4.78, 5) is 6.95. The number of aromatic nitrogens is 2. The summed E-state index contributed by atoms with van der Waals surface area (Å²) in [6.07, 6.45) is 1.04. The molecule has 0 bridgehead atoms. The minimum Gasteiger partial charge on any atom is -0.369 e. The van der Waals surface area contributed by atoms with Gasteiger partial charge < -0.3 is 5.32 Å². The number of sulfonamides is 1. The van der Waals surface area contributed by atoms with Crippen molar-refractivity contribution < 1.29 is 12.8 Å². The zero-order chi connectivity index (χ0) is 11.5. The van der Waals surface area contributed by atoms with Gasteiger partial charge in [-0.2, -0.15) is 4.39 Å². The van der Waals surface area contributed by atoms with E-state index in [0.717, 1.165) is 12.4 Å². The average Bonchev–Trinajstić information content (AvgIpc) is 2.12. The molecule has 0 radical (unpaired) electrons. The molecule has 0 aliphatic rings. The number of primary sulfonamides is 1. The Balaban J connectivity index is 2.58. The Morgan fingerprint density at radius 2 is 2.27 bits per heavy atom. The molecular weight excluding hydrogens is 223 g/mol. The lowest BCUT2D eigenvalue weighted by atomic mass is 10.4. The van der Waals surface area contributed by atoms with Crippen molar-refractivity contribution in [3.05, 3.63) is 18.3 Å². The average molecular weight is 234 g/mol. The monoisotopic (exact) mass is 234 g/mol. The number of rotatable bonds is 4. The lowest BCUT2D eigenvalue weighted by molar-refractivity contribution is 0.580. The van der Waals surface area contributed by atoms with E-state index in [2.05, 4.69) is 15.3 Å². The first-order valence-corrected chi connectivity index (χ1v) is 5.73. The molecule has 0 aromatic carbocycles. The number of nitrogens with zero attached hydrogens (tertiary/aromatic N) is 2. The normalized spacial score (nSPS) is 13.5. The minimum absolute atomic E-state index is 0.0648. The summed E-state index contributed by atoms with van der Waals surface area (Å²) >= 11 is 0. The fraction of sp³-hybridized carbons (Fsp3) is 0.429. The van der Waals surface area contributed by atoms with E-state index < -0.39 is 21.2 Å². The predicted molar refractivity (Wildman–Crippen MR) is 53.0 cm³/mol. The molecule has 0 saturated heterocycles. The molecule has 0 fully saturated rings. The highest BCUT2D eigenvalue weighted by Gasteiger charge is 2.15. The van der Waals surface area contributed by atoms with Gasteiger partial charge in [-0.3, -0.25) is 0 Å². The summed E-state index contributed by atoms with van der Waals surface area (Å²) in [5.74, 6) is -0.464. The molecule has 1 rings (SSSR count).